The van der Waals surface area contributed by atoms with E-state index in [4.69, 9.17) is 30.5 Å². The first-order valence-electron chi connectivity index (χ1n) is 8.63. The topological polar surface area (TPSA) is 49.0 Å². The van der Waals surface area contributed by atoms with Crippen LogP contribution in [0.5, 0.6) is 17.2 Å². The number of rotatable bonds is 4. The Labute approximate surface area is 158 Å². The number of benzene rings is 2. The molecule has 0 aromatic heterocycles. The molecule has 4 rings (SSSR count). The Hall–Kier alpha value is -2.11. The van der Waals surface area contributed by atoms with Crippen LogP contribution in [0.1, 0.15) is 29.7 Å². The number of nitrogens with one attached hydrogen (secondary N) is 1. The van der Waals surface area contributed by atoms with Crippen molar-refractivity contribution in [1.29, 1.82) is 0 Å². The van der Waals surface area contributed by atoms with E-state index in [2.05, 4.69) is 5.32 Å². The summed E-state index contributed by atoms with van der Waals surface area (Å²) in [5.74, 6) is 2.21. The van der Waals surface area contributed by atoms with Crippen molar-refractivity contribution < 1.29 is 18.9 Å². The van der Waals surface area contributed by atoms with Gasteiger partial charge in [-0.25, -0.2) is 0 Å². The Balaban J connectivity index is 1.79. The molecule has 1 fully saturated rings. The third-order valence-electron chi connectivity index (χ3n) is 5.24. The molecule has 1 saturated heterocycles. The van der Waals surface area contributed by atoms with Crippen LogP contribution in [0.4, 0.5) is 5.69 Å². The van der Waals surface area contributed by atoms with Crippen molar-refractivity contribution in [3.63, 3.8) is 0 Å². The number of fused-ring (bicyclic) bond motifs is 3. The van der Waals surface area contributed by atoms with Crippen molar-refractivity contribution >= 4 is 17.3 Å². The minimum absolute atomic E-state index is 0.0361. The lowest BCUT2D eigenvalue weighted by molar-refractivity contribution is 0.0829. The maximum atomic E-state index is 6.20. The molecule has 0 radical (unpaired) electrons. The molecule has 26 heavy (non-hydrogen) atoms. The zero-order chi connectivity index (χ0) is 18.3. The van der Waals surface area contributed by atoms with Crippen LogP contribution in [0.3, 0.4) is 0 Å². The van der Waals surface area contributed by atoms with Gasteiger partial charge in [-0.15, -0.1) is 0 Å². The summed E-state index contributed by atoms with van der Waals surface area (Å²) >= 11 is 6.20. The normalized spacial score (nSPS) is 23.6. The van der Waals surface area contributed by atoms with E-state index >= 15 is 0 Å². The van der Waals surface area contributed by atoms with Crippen LogP contribution in [-0.4, -0.2) is 27.9 Å². The Morgan fingerprint density at radius 3 is 2.42 bits per heavy atom. The van der Waals surface area contributed by atoms with E-state index in [9.17, 15) is 0 Å². The Morgan fingerprint density at radius 2 is 1.77 bits per heavy atom. The molecule has 0 bridgehead atoms. The van der Waals surface area contributed by atoms with Crippen molar-refractivity contribution in [2.45, 2.75) is 18.6 Å². The van der Waals surface area contributed by atoms with Crippen LogP contribution in [0, 0.1) is 5.92 Å². The predicted octanol–water partition coefficient (Wildman–Crippen LogP) is 4.61. The molecule has 2 heterocycles. The maximum absolute atomic E-state index is 6.20. The average molecular weight is 376 g/mol. The van der Waals surface area contributed by atoms with Crippen LogP contribution >= 0.6 is 11.6 Å². The minimum atomic E-state index is 0.0361. The van der Waals surface area contributed by atoms with Gasteiger partial charge < -0.3 is 24.3 Å². The summed E-state index contributed by atoms with van der Waals surface area (Å²) in [6.07, 6.45) is 1.01. The summed E-state index contributed by atoms with van der Waals surface area (Å²) < 4.78 is 22.6. The molecule has 3 atom stereocenters. The number of halogens is 1. The van der Waals surface area contributed by atoms with Gasteiger partial charge in [-0.1, -0.05) is 11.6 Å². The molecule has 2 aromatic carbocycles. The van der Waals surface area contributed by atoms with Gasteiger partial charge in [0.15, 0.2) is 11.5 Å². The van der Waals surface area contributed by atoms with Crippen molar-refractivity contribution in [1.82, 2.24) is 0 Å². The lowest BCUT2D eigenvalue weighted by Crippen LogP contribution is -2.29. The van der Waals surface area contributed by atoms with Crippen molar-refractivity contribution in [3.05, 3.63) is 46.5 Å². The highest BCUT2D eigenvalue weighted by atomic mass is 35.5. The third kappa shape index (κ3) is 2.75. The van der Waals surface area contributed by atoms with Crippen LogP contribution < -0.4 is 19.5 Å². The summed E-state index contributed by atoms with van der Waals surface area (Å²) in [5.41, 5.74) is 3.26. The quantitative estimate of drug-likeness (QED) is 0.845. The number of methoxy groups -OCH3 is 3. The smallest absolute Gasteiger partial charge is 0.203 e. The zero-order valence-corrected chi connectivity index (χ0v) is 15.8. The van der Waals surface area contributed by atoms with E-state index in [1.807, 2.05) is 30.3 Å². The molecule has 0 aliphatic carbocycles. The fourth-order valence-electron chi connectivity index (χ4n) is 4.05. The predicted molar refractivity (Wildman–Crippen MR) is 101 cm³/mol. The molecule has 6 heteroatoms. The summed E-state index contributed by atoms with van der Waals surface area (Å²) in [6, 6.07) is 10.0. The summed E-state index contributed by atoms with van der Waals surface area (Å²) in [4.78, 5) is 0. The van der Waals surface area contributed by atoms with Gasteiger partial charge >= 0.3 is 0 Å². The standard InChI is InChI=1S/C20H22ClNO4/c1-23-16-8-11(9-17(24-2)20(16)25-3)18-13-6-7-26-19(13)14-10-12(21)4-5-15(14)22-18/h4-5,8-10,13,18-19,22H,6-7H2,1-3H3/t13-,18+,19-/m0/s1. The molecular weight excluding hydrogens is 354 g/mol. The molecule has 0 saturated carbocycles. The molecule has 2 aromatic rings. The highest BCUT2D eigenvalue weighted by Crippen LogP contribution is 2.52. The van der Waals surface area contributed by atoms with Gasteiger partial charge in [0.25, 0.3) is 0 Å². The lowest BCUT2D eigenvalue weighted by atomic mass is 9.81. The van der Waals surface area contributed by atoms with Crippen LogP contribution in [0.2, 0.25) is 5.02 Å². The van der Waals surface area contributed by atoms with Gasteiger partial charge in [-0.2, -0.15) is 0 Å². The van der Waals surface area contributed by atoms with Gasteiger partial charge in [0.1, 0.15) is 0 Å². The molecule has 138 valence electrons. The SMILES string of the molecule is COc1cc([C@H]2Nc3ccc(Cl)cc3[C@H]3OCC[C@@H]23)cc(OC)c1OC. The molecule has 0 spiro atoms. The maximum Gasteiger partial charge on any atom is 0.203 e. The highest BCUT2D eigenvalue weighted by molar-refractivity contribution is 6.30. The molecule has 0 unspecified atom stereocenters. The van der Waals surface area contributed by atoms with Crippen LogP contribution in [-0.2, 0) is 4.74 Å². The van der Waals surface area contributed by atoms with Crippen molar-refractivity contribution in [2.24, 2.45) is 5.92 Å². The van der Waals surface area contributed by atoms with Crippen LogP contribution in [0.25, 0.3) is 0 Å². The van der Waals surface area contributed by atoms with Gasteiger partial charge in [0, 0.05) is 28.8 Å². The van der Waals surface area contributed by atoms with E-state index in [0.29, 0.717) is 23.2 Å². The number of hydrogen-bond donors (Lipinski definition) is 1. The number of hydrogen-bond acceptors (Lipinski definition) is 5. The largest absolute Gasteiger partial charge is 0.493 e. The van der Waals surface area contributed by atoms with E-state index in [0.717, 1.165) is 34.9 Å². The van der Waals surface area contributed by atoms with E-state index in [-0.39, 0.29) is 12.1 Å². The lowest BCUT2D eigenvalue weighted by Gasteiger charge is -2.37. The Kier molecular flexibility index (Phi) is 4.59. The van der Waals surface area contributed by atoms with E-state index in [1.165, 1.54) is 0 Å². The first-order chi connectivity index (χ1) is 12.7. The van der Waals surface area contributed by atoms with E-state index in [1.54, 1.807) is 21.3 Å². The second-order valence-corrected chi connectivity index (χ2v) is 6.99. The second-order valence-electron chi connectivity index (χ2n) is 6.56. The third-order valence-corrected chi connectivity index (χ3v) is 5.48. The Morgan fingerprint density at radius 1 is 1.04 bits per heavy atom. The second kappa shape index (κ2) is 6.89. The summed E-state index contributed by atoms with van der Waals surface area (Å²) in [5, 5.41) is 4.39. The van der Waals surface area contributed by atoms with E-state index < -0.39 is 0 Å². The van der Waals surface area contributed by atoms with Gasteiger partial charge in [-0.05, 0) is 42.3 Å². The first-order valence-corrected chi connectivity index (χ1v) is 9.01. The molecular formula is C20H22ClNO4. The fraction of sp³-hybridized carbons (Fsp3) is 0.400. The Bertz CT molecular complexity index is 800. The monoisotopic (exact) mass is 375 g/mol. The zero-order valence-electron chi connectivity index (χ0n) is 15.0. The molecule has 5 nitrogen and oxygen atoms in total. The summed E-state index contributed by atoms with van der Waals surface area (Å²) in [6.45, 7) is 0.740. The van der Waals surface area contributed by atoms with Gasteiger partial charge in [0.05, 0.1) is 33.5 Å². The van der Waals surface area contributed by atoms with Gasteiger partial charge in [-0.3, -0.25) is 0 Å². The molecule has 2 aliphatic heterocycles. The summed E-state index contributed by atoms with van der Waals surface area (Å²) in [7, 11) is 4.88. The van der Waals surface area contributed by atoms with Crippen molar-refractivity contribution in [2.75, 3.05) is 33.3 Å². The number of ether oxygens (including phenoxy) is 4. The molecule has 1 N–H and O–H groups in total. The molecule has 2 aliphatic rings. The average Bonchev–Trinajstić information content (AvgIpc) is 3.16. The highest BCUT2D eigenvalue weighted by Gasteiger charge is 2.42. The fourth-order valence-corrected chi connectivity index (χ4v) is 4.23. The van der Waals surface area contributed by atoms with Crippen molar-refractivity contribution in [3.8, 4) is 17.2 Å². The van der Waals surface area contributed by atoms with Gasteiger partial charge in [0.2, 0.25) is 5.75 Å². The molecule has 0 amide bonds. The first kappa shape index (κ1) is 17.3. The van der Waals surface area contributed by atoms with Crippen LogP contribution in [0.15, 0.2) is 30.3 Å². The number of anilines is 1. The minimum Gasteiger partial charge on any atom is -0.493 e.